The number of nitrogens with one attached hydrogen (secondary N) is 1. The van der Waals surface area contributed by atoms with Gasteiger partial charge in [0, 0.05) is 43.5 Å². The molecule has 0 radical (unpaired) electrons. The van der Waals surface area contributed by atoms with Crippen molar-refractivity contribution in [3.05, 3.63) is 23.5 Å². The maximum atomic E-state index is 13.4. The lowest BCUT2D eigenvalue weighted by molar-refractivity contribution is -0.138. The van der Waals surface area contributed by atoms with Crippen LogP contribution in [-0.2, 0) is 9.53 Å². The molecule has 5 heterocycles. The van der Waals surface area contributed by atoms with Crippen molar-refractivity contribution in [2.24, 2.45) is 5.73 Å². The molecule has 31 heavy (non-hydrogen) atoms. The minimum absolute atomic E-state index is 0.0215. The Bertz CT molecular complexity index is 961. The molecule has 0 saturated carbocycles. The Hall–Kier alpha value is -2.23. The van der Waals surface area contributed by atoms with Crippen molar-refractivity contribution >= 4 is 17.4 Å². The van der Waals surface area contributed by atoms with Crippen molar-refractivity contribution in [1.82, 2.24) is 24.8 Å². The number of aryl methyl sites for hydroxylation is 1. The number of carbonyl (C=O) groups is 1. The largest absolute Gasteiger partial charge is 0.361 e. The van der Waals surface area contributed by atoms with Crippen LogP contribution in [0.15, 0.2) is 12.3 Å². The average Bonchev–Trinajstić information content (AvgIpc) is 3.51. The summed E-state index contributed by atoms with van der Waals surface area (Å²) in [4.78, 5) is 22.6. The molecular weight excluding hydrogens is 394 g/mol. The van der Waals surface area contributed by atoms with Gasteiger partial charge in [-0.05, 0) is 39.0 Å². The second-order valence-electron chi connectivity index (χ2n) is 9.10. The lowest BCUT2D eigenvalue weighted by Crippen LogP contribution is -2.50. The SMILES string of the molecule is CCC1OCNC1C(=O)N1CCCC[C@H]1c1cc2nc(N3CC[C@H](N)C3)c(C)cn2n1. The molecule has 3 saturated heterocycles. The number of amides is 1. The third kappa shape index (κ3) is 3.79. The fourth-order valence-corrected chi connectivity index (χ4v) is 5.24. The van der Waals surface area contributed by atoms with Crippen molar-refractivity contribution in [3.63, 3.8) is 0 Å². The van der Waals surface area contributed by atoms with Gasteiger partial charge in [0.05, 0.1) is 24.6 Å². The number of piperidine rings is 1. The van der Waals surface area contributed by atoms with Crippen LogP contribution < -0.4 is 16.0 Å². The van der Waals surface area contributed by atoms with Gasteiger partial charge in [0.2, 0.25) is 5.91 Å². The summed E-state index contributed by atoms with van der Waals surface area (Å²) in [6.45, 7) is 7.10. The molecule has 3 aliphatic rings. The average molecular weight is 428 g/mol. The van der Waals surface area contributed by atoms with Crippen LogP contribution in [0.3, 0.4) is 0 Å². The van der Waals surface area contributed by atoms with E-state index in [0.29, 0.717) is 6.73 Å². The molecule has 1 amide bonds. The summed E-state index contributed by atoms with van der Waals surface area (Å²) in [5.74, 6) is 1.11. The smallest absolute Gasteiger partial charge is 0.243 e. The van der Waals surface area contributed by atoms with Gasteiger partial charge < -0.3 is 20.3 Å². The molecule has 168 valence electrons. The van der Waals surface area contributed by atoms with E-state index < -0.39 is 0 Å². The first-order chi connectivity index (χ1) is 15.0. The molecule has 2 aromatic heterocycles. The summed E-state index contributed by atoms with van der Waals surface area (Å²) in [6.07, 6.45) is 6.84. The Morgan fingerprint density at radius 2 is 2.19 bits per heavy atom. The van der Waals surface area contributed by atoms with Crippen LogP contribution in [0.5, 0.6) is 0 Å². The molecule has 5 rings (SSSR count). The minimum atomic E-state index is -0.269. The van der Waals surface area contributed by atoms with E-state index in [2.05, 4.69) is 24.1 Å². The first kappa shape index (κ1) is 20.7. The highest BCUT2D eigenvalue weighted by atomic mass is 16.5. The van der Waals surface area contributed by atoms with Gasteiger partial charge in [-0.3, -0.25) is 10.1 Å². The van der Waals surface area contributed by atoms with Crippen LogP contribution in [0.4, 0.5) is 5.82 Å². The normalized spacial score (nSPS) is 29.3. The molecule has 0 bridgehead atoms. The summed E-state index contributed by atoms with van der Waals surface area (Å²) in [6, 6.07) is 1.96. The fourth-order valence-electron chi connectivity index (χ4n) is 5.24. The van der Waals surface area contributed by atoms with Crippen molar-refractivity contribution in [2.45, 2.75) is 70.2 Å². The molecule has 3 fully saturated rings. The lowest BCUT2D eigenvalue weighted by Gasteiger charge is -2.37. The van der Waals surface area contributed by atoms with Crippen molar-refractivity contribution < 1.29 is 9.53 Å². The number of carbonyl (C=O) groups excluding carboxylic acids is 1. The molecule has 2 aromatic rings. The summed E-state index contributed by atoms with van der Waals surface area (Å²) < 4.78 is 7.55. The number of ether oxygens (including phenoxy) is 1. The van der Waals surface area contributed by atoms with Crippen LogP contribution in [-0.4, -0.2) is 70.0 Å². The van der Waals surface area contributed by atoms with Crippen LogP contribution in [0.2, 0.25) is 0 Å². The first-order valence-electron chi connectivity index (χ1n) is 11.6. The number of aromatic nitrogens is 3. The highest BCUT2D eigenvalue weighted by molar-refractivity contribution is 5.83. The quantitative estimate of drug-likeness (QED) is 0.760. The van der Waals surface area contributed by atoms with E-state index in [1.54, 1.807) is 0 Å². The highest BCUT2D eigenvalue weighted by Gasteiger charge is 2.39. The van der Waals surface area contributed by atoms with Crippen molar-refractivity contribution in [1.29, 1.82) is 0 Å². The second kappa shape index (κ2) is 8.37. The summed E-state index contributed by atoms with van der Waals surface area (Å²) in [7, 11) is 0. The van der Waals surface area contributed by atoms with E-state index in [4.69, 9.17) is 20.6 Å². The zero-order valence-corrected chi connectivity index (χ0v) is 18.5. The number of nitrogens with two attached hydrogens (primary N) is 1. The molecule has 9 nitrogen and oxygen atoms in total. The summed E-state index contributed by atoms with van der Waals surface area (Å²) in [5.41, 5.74) is 8.93. The Labute approximate surface area is 182 Å². The highest BCUT2D eigenvalue weighted by Crippen LogP contribution is 2.33. The Morgan fingerprint density at radius 3 is 2.97 bits per heavy atom. The van der Waals surface area contributed by atoms with Crippen molar-refractivity contribution in [2.75, 3.05) is 31.3 Å². The van der Waals surface area contributed by atoms with E-state index in [1.165, 1.54) is 0 Å². The molecule has 9 heteroatoms. The Balaban J connectivity index is 1.43. The zero-order chi connectivity index (χ0) is 21.5. The maximum absolute atomic E-state index is 13.4. The van der Waals surface area contributed by atoms with Gasteiger partial charge in [-0.25, -0.2) is 9.50 Å². The van der Waals surface area contributed by atoms with Gasteiger partial charge in [0.25, 0.3) is 0 Å². The maximum Gasteiger partial charge on any atom is 0.243 e. The monoisotopic (exact) mass is 427 g/mol. The van der Waals surface area contributed by atoms with Crippen molar-refractivity contribution in [3.8, 4) is 0 Å². The van der Waals surface area contributed by atoms with Crippen LogP contribution >= 0.6 is 0 Å². The summed E-state index contributed by atoms with van der Waals surface area (Å²) >= 11 is 0. The number of anilines is 1. The van der Waals surface area contributed by atoms with Gasteiger partial charge in [0.1, 0.15) is 11.9 Å². The van der Waals surface area contributed by atoms with Gasteiger partial charge >= 0.3 is 0 Å². The number of fused-ring (bicyclic) bond motifs is 1. The van der Waals surface area contributed by atoms with E-state index in [0.717, 1.165) is 74.5 Å². The minimum Gasteiger partial charge on any atom is -0.361 e. The predicted octanol–water partition coefficient (Wildman–Crippen LogP) is 1.35. The standard InChI is InChI=1S/C22H33N7O2/c1-3-18-20(24-13-31-18)22(30)28-8-5-4-6-17(28)16-10-19-25-21(14(2)11-29(19)26-16)27-9-7-15(23)12-27/h10-11,15,17-18,20,24H,3-9,12-13,23H2,1-2H3/t15-,17-,18?,20?/m0/s1. The Morgan fingerprint density at radius 1 is 1.32 bits per heavy atom. The number of hydrogen-bond donors (Lipinski definition) is 2. The van der Waals surface area contributed by atoms with E-state index in [1.807, 2.05) is 21.7 Å². The Kier molecular flexibility index (Phi) is 5.58. The number of likely N-dealkylation sites (tertiary alicyclic amines) is 1. The fraction of sp³-hybridized carbons (Fsp3) is 0.682. The second-order valence-corrected chi connectivity index (χ2v) is 9.10. The molecule has 4 atom stereocenters. The molecule has 3 N–H and O–H groups in total. The third-order valence-corrected chi connectivity index (χ3v) is 6.92. The topological polar surface area (TPSA) is 101 Å². The number of rotatable bonds is 4. The summed E-state index contributed by atoms with van der Waals surface area (Å²) in [5, 5.41) is 8.08. The molecule has 3 aliphatic heterocycles. The number of hydrogen-bond acceptors (Lipinski definition) is 7. The van der Waals surface area contributed by atoms with Crippen LogP contribution in [0.1, 0.15) is 56.3 Å². The van der Waals surface area contributed by atoms with Gasteiger partial charge in [-0.1, -0.05) is 6.92 Å². The zero-order valence-electron chi connectivity index (χ0n) is 18.5. The van der Waals surface area contributed by atoms with Gasteiger partial charge in [0.15, 0.2) is 5.65 Å². The van der Waals surface area contributed by atoms with Gasteiger partial charge in [-0.15, -0.1) is 0 Å². The lowest BCUT2D eigenvalue weighted by atomic mass is 9.97. The van der Waals surface area contributed by atoms with Gasteiger partial charge in [-0.2, -0.15) is 5.10 Å². The molecule has 2 unspecified atom stereocenters. The molecule has 0 aliphatic carbocycles. The van der Waals surface area contributed by atoms with E-state index in [9.17, 15) is 4.79 Å². The first-order valence-corrected chi connectivity index (χ1v) is 11.6. The van der Waals surface area contributed by atoms with E-state index >= 15 is 0 Å². The predicted molar refractivity (Wildman–Crippen MR) is 118 cm³/mol. The number of nitrogens with zero attached hydrogens (tertiary/aromatic N) is 5. The molecule has 0 spiro atoms. The van der Waals surface area contributed by atoms with E-state index in [-0.39, 0.29) is 30.1 Å². The molecule has 0 aromatic carbocycles. The molecular formula is C22H33N7O2. The van der Waals surface area contributed by atoms with Crippen LogP contribution in [0.25, 0.3) is 5.65 Å². The van der Waals surface area contributed by atoms with Crippen LogP contribution in [0, 0.1) is 6.92 Å². The third-order valence-electron chi connectivity index (χ3n) is 6.92.